The number of hydrogen-bond donors (Lipinski definition) is 0. The predicted molar refractivity (Wildman–Crippen MR) is 77.2 cm³/mol. The van der Waals surface area contributed by atoms with Crippen LogP contribution in [-0.4, -0.2) is 4.57 Å². The van der Waals surface area contributed by atoms with Gasteiger partial charge in [0.1, 0.15) is 5.82 Å². The van der Waals surface area contributed by atoms with E-state index in [1.165, 1.54) is 22.5 Å². The highest BCUT2D eigenvalue weighted by Crippen LogP contribution is 2.21. The summed E-state index contributed by atoms with van der Waals surface area (Å²) >= 11 is 5.81. The van der Waals surface area contributed by atoms with Crippen LogP contribution in [-0.2, 0) is 6.54 Å². The van der Waals surface area contributed by atoms with Gasteiger partial charge in [-0.15, -0.1) is 0 Å². The molecule has 0 fully saturated rings. The van der Waals surface area contributed by atoms with Crippen molar-refractivity contribution in [1.82, 2.24) is 4.57 Å². The summed E-state index contributed by atoms with van der Waals surface area (Å²) < 4.78 is 15.3. The first kappa shape index (κ1) is 12.2. The van der Waals surface area contributed by atoms with Gasteiger partial charge >= 0.3 is 0 Å². The van der Waals surface area contributed by atoms with Crippen LogP contribution < -0.4 is 0 Å². The van der Waals surface area contributed by atoms with E-state index in [2.05, 4.69) is 35.8 Å². The lowest BCUT2D eigenvalue weighted by Crippen LogP contribution is -1.98. The van der Waals surface area contributed by atoms with Gasteiger partial charge in [0.25, 0.3) is 0 Å². The molecule has 0 saturated heterocycles. The topological polar surface area (TPSA) is 4.93 Å². The molecule has 0 saturated carbocycles. The van der Waals surface area contributed by atoms with Crippen LogP contribution in [0.2, 0.25) is 5.02 Å². The van der Waals surface area contributed by atoms with Crippen molar-refractivity contribution in [3.63, 3.8) is 0 Å². The highest BCUT2D eigenvalue weighted by molar-refractivity contribution is 6.30. The van der Waals surface area contributed by atoms with E-state index in [1.54, 1.807) is 12.1 Å². The zero-order valence-electron chi connectivity index (χ0n) is 10.5. The molecule has 0 atom stereocenters. The van der Waals surface area contributed by atoms with Crippen LogP contribution in [0.1, 0.15) is 11.1 Å². The first-order chi connectivity index (χ1) is 9.13. The molecule has 3 aromatic rings. The number of benzene rings is 2. The smallest absolute Gasteiger partial charge is 0.141 e. The fraction of sp³-hybridized carbons (Fsp3) is 0.125. The van der Waals surface area contributed by atoms with Gasteiger partial charge in [-0.2, -0.15) is 0 Å². The molecule has 0 bridgehead atoms. The average Bonchev–Trinajstić information content (AvgIpc) is 2.77. The molecule has 0 N–H and O–H groups in total. The number of halogens is 2. The van der Waals surface area contributed by atoms with Gasteiger partial charge in [-0.3, -0.25) is 0 Å². The van der Waals surface area contributed by atoms with E-state index < -0.39 is 0 Å². The molecule has 0 amide bonds. The van der Waals surface area contributed by atoms with E-state index in [0.717, 1.165) is 5.56 Å². The molecular formula is C16H13ClFN. The number of fused-ring (bicyclic) bond motifs is 1. The van der Waals surface area contributed by atoms with Crippen LogP contribution in [0.15, 0.2) is 48.7 Å². The summed E-state index contributed by atoms with van der Waals surface area (Å²) in [5.74, 6) is -0.376. The molecule has 0 radical (unpaired) electrons. The molecule has 0 aliphatic heterocycles. The fourth-order valence-corrected chi connectivity index (χ4v) is 2.47. The van der Waals surface area contributed by atoms with Gasteiger partial charge in [0.2, 0.25) is 0 Å². The summed E-state index contributed by atoms with van der Waals surface area (Å²) in [7, 11) is 0. The number of nitrogens with zero attached hydrogens (tertiary/aromatic N) is 1. The summed E-state index contributed by atoms with van der Waals surface area (Å²) in [6.07, 6.45) is 2.04. The first-order valence-electron chi connectivity index (χ1n) is 6.13. The van der Waals surface area contributed by atoms with Crippen molar-refractivity contribution in [1.29, 1.82) is 0 Å². The maximum Gasteiger partial charge on any atom is 0.141 e. The summed E-state index contributed by atoms with van der Waals surface area (Å²) in [6, 6.07) is 13.3. The van der Waals surface area contributed by atoms with Gasteiger partial charge in [0.15, 0.2) is 0 Å². The van der Waals surface area contributed by atoms with Gasteiger partial charge in [0.05, 0.1) is 5.02 Å². The Labute approximate surface area is 116 Å². The lowest BCUT2D eigenvalue weighted by Gasteiger charge is -2.07. The molecule has 0 unspecified atom stereocenters. The Morgan fingerprint density at radius 2 is 1.95 bits per heavy atom. The lowest BCUT2D eigenvalue weighted by atomic mass is 10.2. The minimum Gasteiger partial charge on any atom is -0.343 e. The third-order valence-electron chi connectivity index (χ3n) is 3.27. The molecule has 3 heteroatoms. The van der Waals surface area contributed by atoms with Crippen molar-refractivity contribution in [2.45, 2.75) is 13.5 Å². The second kappa shape index (κ2) is 4.71. The Morgan fingerprint density at radius 3 is 2.74 bits per heavy atom. The highest BCUT2D eigenvalue weighted by Gasteiger charge is 2.04. The predicted octanol–water partition coefficient (Wildman–Crippen LogP) is 4.79. The summed E-state index contributed by atoms with van der Waals surface area (Å²) in [5.41, 5.74) is 3.40. The van der Waals surface area contributed by atoms with Gasteiger partial charge in [0, 0.05) is 18.3 Å². The number of hydrogen-bond acceptors (Lipinski definition) is 0. The van der Waals surface area contributed by atoms with E-state index in [1.807, 2.05) is 6.20 Å². The third-order valence-corrected chi connectivity index (χ3v) is 3.56. The van der Waals surface area contributed by atoms with E-state index in [4.69, 9.17) is 11.6 Å². The molecule has 0 aliphatic rings. The zero-order valence-corrected chi connectivity index (χ0v) is 11.3. The van der Waals surface area contributed by atoms with Crippen molar-refractivity contribution in [3.05, 3.63) is 70.6 Å². The maximum absolute atomic E-state index is 13.1. The molecule has 19 heavy (non-hydrogen) atoms. The Morgan fingerprint density at radius 1 is 1.11 bits per heavy atom. The summed E-state index contributed by atoms with van der Waals surface area (Å²) in [5, 5.41) is 1.38. The van der Waals surface area contributed by atoms with Gasteiger partial charge in [-0.05, 0) is 47.7 Å². The number of rotatable bonds is 2. The largest absolute Gasteiger partial charge is 0.343 e. The summed E-state index contributed by atoms with van der Waals surface area (Å²) in [6.45, 7) is 2.76. The Hall–Kier alpha value is -1.80. The van der Waals surface area contributed by atoms with Crippen LogP contribution in [0.4, 0.5) is 4.39 Å². The SMILES string of the molecule is Cc1ccc2ccn(Cc3ccc(F)c(Cl)c3)c2c1. The Kier molecular flexibility index (Phi) is 3.03. The minimum absolute atomic E-state index is 0.171. The van der Waals surface area contributed by atoms with Crippen LogP contribution in [0.25, 0.3) is 10.9 Å². The Balaban J connectivity index is 2.00. The van der Waals surface area contributed by atoms with Crippen LogP contribution in [0.5, 0.6) is 0 Å². The molecule has 3 rings (SSSR count). The van der Waals surface area contributed by atoms with Gasteiger partial charge in [-0.1, -0.05) is 29.8 Å². The first-order valence-corrected chi connectivity index (χ1v) is 6.51. The monoisotopic (exact) mass is 273 g/mol. The quantitative estimate of drug-likeness (QED) is 0.633. The second-order valence-corrected chi connectivity index (χ2v) is 5.16. The standard InChI is InChI=1S/C16H13ClFN/c1-11-2-4-13-6-7-19(16(13)8-11)10-12-3-5-15(18)14(17)9-12/h2-9H,10H2,1H3. The molecule has 2 aromatic carbocycles. The lowest BCUT2D eigenvalue weighted by molar-refractivity contribution is 0.627. The van der Waals surface area contributed by atoms with E-state index in [-0.39, 0.29) is 10.8 Å². The van der Waals surface area contributed by atoms with E-state index >= 15 is 0 Å². The van der Waals surface area contributed by atoms with Crippen LogP contribution in [0, 0.1) is 12.7 Å². The molecular weight excluding hydrogens is 261 g/mol. The second-order valence-electron chi connectivity index (χ2n) is 4.75. The normalized spacial score (nSPS) is 11.1. The fourth-order valence-electron chi connectivity index (χ4n) is 2.27. The zero-order chi connectivity index (χ0) is 13.4. The maximum atomic E-state index is 13.1. The number of aryl methyl sites for hydroxylation is 1. The van der Waals surface area contributed by atoms with Crippen molar-refractivity contribution in [2.75, 3.05) is 0 Å². The van der Waals surface area contributed by atoms with Crippen molar-refractivity contribution < 1.29 is 4.39 Å². The van der Waals surface area contributed by atoms with Crippen molar-refractivity contribution in [3.8, 4) is 0 Å². The van der Waals surface area contributed by atoms with Crippen LogP contribution in [0.3, 0.4) is 0 Å². The average molecular weight is 274 g/mol. The Bertz CT molecular complexity index is 746. The minimum atomic E-state index is -0.376. The molecule has 1 nitrogen and oxygen atoms in total. The van der Waals surface area contributed by atoms with Gasteiger partial charge < -0.3 is 4.57 Å². The van der Waals surface area contributed by atoms with Gasteiger partial charge in [-0.25, -0.2) is 4.39 Å². The molecule has 1 aromatic heterocycles. The highest BCUT2D eigenvalue weighted by atomic mass is 35.5. The van der Waals surface area contributed by atoms with Crippen molar-refractivity contribution >= 4 is 22.5 Å². The molecule has 0 aliphatic carbocycles. The molecule has 96 valence electrons. The third kappa shape index (κ3) is 2.36. The number of aromatic nitrogens is 1. The van der Waals surface area contributed by atoms with Crippen LogP contribution >= 0.6 is 11.6 Å². The van der Waals surface area contributed by atoms with E-state index in [9.17, 15) is 4.39 Å². The molecule has 0 spiro atoms. The molecule has 1 heterocycles. The van der Waals surface area contributed by atoms with Crippen molar-refractivity contribution in [2.24, 2.45) is 0 Å². The summed E-state index contributed by atoms with van der Waals surface area (Å²) in [4.78, 5) is 0. The van der Waals surface area contributed by atoms with E-state index in [0.29, 0.717) is 6.54 Å².